The highest BCUT2D eigenvalue weighted by atomic mass is 16.5. The molecule has 8 heteroatoms. The summed E-state index contributed by atoms with van der Waals surface area (Å²) < 4.78 is 10.6. The normalized spacial score (nSPS) is 11.2. The van der Waals surface area contributed by atoms with Gasteiger partial charge in [0.05, 0.1) is 26.1 Å². The van der Waals surface area contributed by atoms with Crippen molar-refractivity contribution in [2.75, 3.05) is 19.5 Å². The van der Waals surface area contributed by atoms with Gasteiger partial charge in [0.2, 0.25) is 0 Å². The zero-order valence-corrected chi connectivity index (χ0v) is 16.5. The van der Waals surface area contributed by atoms with Crippen LogP contribution in [0.5, 0.6) is 11.5 Å². The van der Waals surface area contributed by atoms with Crippen LogP contribution < -0.4 is 20.1 Å². The van der Waals surface area contributed by atoms with Crippen LogP contribution in [0.2, 0.25) is 0 Å². The van der Waals surface area contributed by atoms with Crippen molar-refractivity contribution in [2.24, 2.45) is 0 Å². The van der Waals surface area contributed by atoms with E-state index in [0.717, 1.165) is 5.56 Å². The second-order valence-electron chi connectivity index (χ2n) is 7.19. The van der Waals surface area contributed by atoms with E-state index in [1.165, 1.54) is 6.20 Å². The fourth-order valence-electron chi connectivity index (χ4n) is 2.60. The van der Waals surface area contributed by atoms with Gasteiger partial charge < -0.3 is 14.8 Å². The molecule has 0 saturated carbocycles. The number of methoxy groups -OCH3 is 2. The minimum Gasteiger partial charge on any atom is -0.493 e. The van der Waals surface area contributed by atoms with E-state index in [-0.39, 0.29) is 11.6 Å². The van der Waals surface area contributed by atoms with E-state index in [0.29, 0.717) is 34.2 Å². The predicted octanol–water partition coefficient (Wildman–Crippen LogP) is 3.63. The van der Waals surface area contributed by atoms with Crippen molar-refractivity contribution in [3.63, 3.8) is 0 Å². The van der Waals surface area contributed by atoms with Gasteiger partial charge in [-0.1, -0.05) is 0 Å². The van der Waals surface area contributed by atoms with Crippen molar-refractivity contribution in [2.45, 2.75) is 26.3 Å². The maximum absolute atomic E-state index is 12.0. The summed E-state index contributed by atoms with van der Waals surface area (Å²) in [6, 6.07) is 8.90. The van der Waals surface area contributed by atoms with Crippen LogP contribution in [0.1, 0.15) is 20.8 Å². The SMILES string of the molecule is COc1ccc(-c2ccc3ncc(NC(=O)NC(C)(C)C)nc3n2)cc1OC. The van der Waals surface area contributed by atoms with Crippen LogP contribution in [0, 0.1) is 0 Å². The predicted molar refractivity (Wildman–Crippen MR) is 108 cm³/mol. The second kappa shape index (κ2) is 7.67. The lowest BCUT2D eigenvalue weighted by Gasteiger charge is -2.20. The van der Waals surface area contributed by atoms with E-state index in [9.17, 15) is 4.79 Å². The Kier molecular flexibility index (Phi) is 5.30. The number of ether oxygens (including phenoxy) is 2. The smallest absolute Gasteiger partial charge is 0.320 e. The van der Waals surface area contributed by atoms with Crippen molar-refractivity contribution in [3.8, 4) is 22.8 Å². The number of anilines is 1. The van der Waals surface area contributed by atoms with E-state index in [1.54, 1.807) is 14.2 Å². The average Bonchev–Trinajstić information content (AvgIpc) is 2.65. The molecule has 0 saturated heterocycles. The summed E-state index contributed by atoms with van der Waals surface area (Å²) in [5.41, 5.74) is 2.27. The number of urea groups is 1. The molecule has 1 aromatic carbocycles. The molecule has 8 nitrogen and oxygen atoms in total. The van der Waals surface area contributed by atoms with Crippen LogP contribution in [-0.4, -0.2) is 40.7 Å². The third kappa shape index (κ3) is 4.46. The third-order valence-electron chi connectivity index (χ3n) is 3.82. The summed E-state index contributed by atoms with van der Waals surface area (Å²) in [4.78, 5) is 25.3. The van der Waals surface area contributed by atoms with Gasteiger partial charge in [0.1, 0.15) is 5.52 Å². The van der Waals surface area contributed by atoms with Crippen molar-refractivity contribution in [1.29, 1.82) is 0 Å². The molecule has 0 radical (unpaired) electrons. The number of hydrogen-bond donors (Lipinski definition) is 2. The number of rotatable bonds is 4. The fraction of sp³-hybridized carbons (Fsp3) is 0.300. The number of carbonyl (C=O) groups is 1. The Morgan fingerprint density at radius 2 is 1.75 bits per heavy atom. The summed E-state index contributed by atoms with van der Waals surface area (Å²) in [5.74, 6) is 1.58. The van der Waals surface area contributed by atoms with Crippen LogP contribution in [0.4, 0.5) is 10.6 Å². The molecule has 28 heavy (non-hydrogen) atoms. The van der Waals surface area contributed by atoms with Crippen LogP contribution in [0.15, 0.2) is 36.5 Å². The molecule has 0 fully saturated rings. The molecule has 2 amide bonds. The summed E-state index contributed by atoms with van der Waals surface area (Å²) in [6.07, 6.45) is 1.50. The summed E-state index contributed by atoms with van der Waals surface area (Å²) >= 11 is 0. The molecule has 0 spiro atoms. The molecule has 0 bridgehead atoms. The van der Waals surface area contributed by atoms with Crippen LogP contribution in [0.3, 0.4) is 0 Å². The first-order valence-corrected chi connectivity index (χ1v) is 8.74. The molecule has 146 valence electrons. The van der Waals surface area contributed by atoms with Gasteiger partial charge in [-0.3, -0.25) is 5.32 Å². The highest BCUT2D eigenvalue weighted by Crippen LogP contribution is 2.32. The number of pyridine rings is 1. The highest BCUT2D eigenvalue weighted by Gasteiger charge is 2.15. The van der Waals surface area contributed by atoms with E-state index in [2.05, 4.69) is 25.6 Å². The molecule has 0 unspecified atom stereocenters. The molecule has 2 aromatic heterocycles. The van der Waals surface area contributed by atoms with E-state index < -0.39 is 0 Å². The van der Waals surface area contributed by atoms with E-state index >= 15 is 0 Å². The minimum atomic E-state index is -0.354. The number of amides is 2. The van der Waals surface area contributed by atoms with Gasteiger partial charge in [-0.05, 0) is 51.1 Å². The van der Waals surface area contributed by atoms with Gasteiger partial charge in [0.15, 0.2) is 23.0 Å². The topological polar surface area (TPSA) is 98.3 Å². The largest absolute Gasteiger partial charge is 0.493 e. The lowest BCUT2D eigenvalue weighted by atomic mass is 10.1. The Morgan fingerprint density at radius 3 is 2.43 bits per heavy atom. The van der Waals surface area contributed by atoms with Crippen molar-refractivity contribution >= 4 is 23.0 Å². The number of carbonyl (C=O) groups excluding carboxylic acids is 1. The first-order chi connectivity index (χ1) is 13.3. The Bertz CT molecular complexity index is 1010. The quantitative estimate of drug-likeness (QED) is 0.716. The van der Waals surface area contributed by atoms with Crippen molar-refractivity contribution in [3.05, 3.63) is 36.5 Å². The number of aromatic nitrogens is 3. The molecular formula is C20H23N5O3. The van der Waals surface area contributed by atoms with Gasteiger partial charge in [-0.25, -0.2) is 19.7 Å². The number of benzene rings is 1. The molecule has 0 aliphatic heterocycles. The zero-order chi connectivity index (χ0) is 20.3. The molecule has 0 atom stereocenters. The Balaban J connectivity index is 1.91. The van der Waals surface area contributed by atoms with Crippen molar-refractivity contribution in [1.82, 2.24) is 20.3 Å². The molecule has 0 aliphatic rings. The van der Waals surface area contributed by atoms with Crippen LogP contribution in [-0.2, 0) is 0 Å². The van der Waals surface area contributed by atoms with E-state index in [1.807, 2.05) is 51.1 Å². The molecule has 3 rings (SSSR count). The van der Waals surface area contributed by atoms with Crippen molar-refractivity contribution < 1.29 is 14.3 Å². The number of nitrogens with one attached hydrogen (secondary N) is 2. The monoisotopic (exact) mass is 381 g/mol. The van der Waals surface area contributed by atoms with Gasteiger partial charge in [-0.2, -0.15) is 0 Å². The number of nitrogens with zero attached hydrogens (tertiary/aromatic N) is 3. The lowest BCUT2D eigenvalue weighted by molar-refractivity contribution is 0.243. The zero-order valence-electron chi connectivity index (χ0n) is 16.5. The highest BCUT2D eigenvalue weighted by molar-refractivity contribution is 5.89. The molecule has 2 heterocycles. The van der Waals surface area contributed by atoms with Gasteiger partial charge in [0, 0.05) is 11.1 Å². The number of hydrogen-bond acceptors (Lipinski definition) is 6. The molecule has 0 aliphatic carbocycles. The Hall–Kier alpha value is -3.42. The van der Waals surface area contributed by atoms with Gasteiger partial charge >= 0.3 is 6.03 Å². The molecular weight excluding hydrogens is 358 g/mol. The van der Waals surface area contributed by atoms with Gasteiger partial charge in [-0.15, -0.1) is 0 Å². The fourth-order valence-corrected chi connectivity index (χ4v) is 2.60. The maximum atomic E-state index is 12.0. The summed E-state index contributed by atoms with van der Waals surface area (Å²) in [7, 11) is 3.17. The average molecular weight is 381 g/mol. The Labute approximate surface area is 163 Å². The minimum absolute atomic E-state index is 0.325. The third-order valence-corrected chi connectivity index (χ3v) is 3.82. The molecule has 2 N–H and O–H groups in total. The van der Waals surface area contributed by atoms with Gasteiger partial charge in [0.25, 0.3) is 0 Å². The lowest BCUT2D eigenvalue weighted by Crippen LogP contribution is -2.43. The Morgan fingerprint density at radius 1 is 1.00 bits per heavy atom. The van der Waals surface area contributed by atoms with E-state index in [4.69, 9.17) is 9.47 Å². The summed E-state index contributed by atoms with van der Waals surface area (Å²) in [5, 5.41) is 5.50. The molecule has 3 aromatic rings. The van der Waals surface area contributed by atoms with Crippen LogP contribution >= 0.6 is 0 Å². The standard InChI is InChI=1S/C20H23N5O3/c1-20(2,3)25-19(26)24-17-11-21-14-8-7-13(22-18(14)23-17)12-6-9-15(27-4)16(10-12)28-5/h6-11H,1-5H3,(H2,22,23,24,25,26). The second-order valence-corrected chi connectivity index (χ2v) is 7.19. The van der Waals surface area contributed by atoms with Crippen LogP contribution in [0.25, 0.3) is 22.4 Å². The first-order valence-electron chi connectivity index (χ1n) is 8.74. The first kappa shape index (κ1) is 19.3. The summed E-state index contributed by atoms with van der Waals surface area (Å²) in [6.45, 7) is 5.70. The number of fused-ring (bicyclic) bond motifs is 1. The maximum Gasteiger partial charge on any atom is 0.320 e.